The summed E-state index contributed by atoms with van der Waals surface area (Å²) in [6.45, 7) is 6.94. The fourth-order valence-corrected chi connectivity index (χ4v) is 2.81. The maximum absolute atomic E-state index is 12.8. The molecule has 1 aliphatic rings. The van der Waals surface area contributed by atoms with E-state index in [4.69, 9.17) is 0 Å². The normalized spacial score (nSPS) is 16.0. The number of allylic oxidation sites excluding steroid dienone is 2. The van der Waals surface area contributed by atoms with Crippen molar-refractivity contribution in [3.8, 4) is 0 Å². The topological polar surface area (TPSA) is 95.6 Å². The maximum atomic E-state index is 12.8. The van der Waals surface area contributed by atoms with Crippen LogP contribution in [0.4, 0.5) is 4.79 Å². The van der Waals surface area contributed by atoms with Crippen LogP contribution in [0.5, 0.6) is 0 Å². The molecule has 0 aromatic heterocycles. The van der Waals surface area contributed by atoms with Crippen LogP contribution in [0, 0.1) is 5.41 Å². The average molecular weight is 355 g/mol. The molecule has 1 aromatic rings. The summed E-state index contributed by atoms with van der Waals surface area (Å²) >= 11 is 0. The molecule has 26 heavy (non-hydrogen) atoms. The monoisotopic (exact) mass is 355 g/mol. The predicted octanol–water partition coefficient (Wildman–Crippen LogP) is 1.52. The second-order valence-corrected chi connectivity index (χ2v) is 5.98. The molecular weight excluding hydrogens is 334 g/mol. The van der Waals surface area contributed by atoms with E-state index in [-0.39, 0.29) is 19.4 Å². The molecule has 0 unspecified atom stereocenters. The van der Waals surface area contributed by atoms with Gasteiger partial charge in [-0.1, -0.05) is 42.5 Å². The third-order valence-electron chi connectivity index (χ3n) is 4.17. The number of imide groups is 2. The van der Waals surface area contributed by atoms with E-state index in [9.17, 15) is 19.2 Å². The number of barbiturate groups is 1. The Balaban J connectivity index is 2.11. The van der Waals surface area contributed by atoms with Gasteiger partial charge in [-0.25, -0.2) is 4.79 Å². The zero-order valence-electron chi connectivity index (χ0n) is 14.4. The summed E-state index contributed by atoms with van der Waals surface area (Å²) in [6.07, 6.45) is 2.95. The lowest BCUT2D eigenvalue weighted by molar-refractivity contribution is -0.152. The molecule has 7 nitrogen and oxygen atoms in total. The van der Waals surface area contributed by atoms with Crippen molar-refractivity contribution >= 4 is 23.8 Å². The largest absolute Gasteiger partial charge is 0.350 e. The van der Waals surface area contributed by atoms with Crippen molar-refractivity contribution < 1.29 is 19.2 Å². The van der Waals surface area contributed by atoms with Crippen molar-refractivity contribution in [1.82, 2.24) is 15.5 Å². The second-order valence-electron chi connectivity index (χ2n) is 5.98. The van der Waals surface area contributed by atoms with Crippen molar-refractivity contribution in [3.05, 3.63) is 61.2 Å². The van der Waals surface area contributed by atoms with Gasteiger partial charge in [0.2, 0.25) is 17.7 Å². The molecule has 1 heterocycles. The highest BCUT2D eigenvalue weighted by Crippen LogP contribution is 2.33. The highest BCUT2D eigenvalue weighted by molar-refractivity contribution is 6.20. The number of urea groups is 1. The van der Waals surface area contributed by atoms with Gasteiger partial charge in [0, 0.05) is 6.54 Å². The van der Waals surface area contributed by atoms with Crippen LogP contribution < -0.4 is 10.6 Å². The van der Waals surface area contributed by atoms with E-state index in [0.29, 0.717) is 0 Å². The van der Waals surface area contributed by atoms with Gasteiger partial charge < -0.3 is 5.32 Å². The summed E-state index contributed by atoms with van der Waals surface area (Å²) < 4.78 is 0. The number of carbonyl (C=O) groups excluding carboxylic acids is 4. The molecule has 0 radical (unpaired) electrons. The first-order chi connectivity index (χ1) is 12.4. The van der Waals surface area contributed by atoms with E-state index in [0.717, 1.165) is 10.5 Å². The lowest BCUT2D eigenvalue weighted by Crippen LogP contribution is -2.64. The Labute approximate surface area is 151 Å². The van der Waals surface area contributed by atoms with Crippen LogP contribution in [-0.4, -0.2) is 35.2 Å². The van der Waals surface area contributed by atoms with Crippen molar-refractivity contribution in [3.63, 3.8) is 0 Å². The minimum absolute atomic E-state index is 0.0408. The first kappa shape index (κ1) is 19.1. The highest BCUT2D eigenvalue weighted by atomic mass is 16.2. The van der Waals surface area contributed by atoms with Crippen LogP contribution in [0.1, 0.15) is 18.4 Å². The number of hydrogen-bond acceptors (Lipinski definition) is 4. The summed E-state index contributed by atoms with van der Waals surface area (Å²) in [4.78, 5) is 50.1. The molecular formula is C19H21N3O4. The fourth-order valence-electron chi connectivity index (χ4n) is 2.81. The molecule has 0 spiro atoms. The molecule has 1 fully saturated rings. The minimum atomic E-state index is -1.50. The summed E-state index contributed by atoms with van der Waals surface area (Å²) in [5.41, 5.74) is -0.616. The van der Waals surface area contributed by atoms with Crippen molar-refractivity contribution in [1.29, 1.82) is 0 Å². The Morgan fingerprint density at radius 2 is 1.73 bits per heavy atom. The molecule has 7 heteroatoms. The summed E-state index contributed by atoms with van der Waals surface area (Å²) in [7, 11) is 0. The lowest BCUT2D eigenvalue weighted by atomic mass is 9.77. The average Bonchev–Trinajstić information content (AvgIpc) is 2.63. The zero-order chi connectivity index (χ0) is 19.2. The van der Waals surface area contributed by atoms with E-state index in [2.05, 4.69) is 23.8 Å². The van der Waals surface area contributed by atoms with Crippen LogP contribution >= 0.6 is 0 Å². The quantitative estimate of drug-likeness (QED) is 0.546. The van der Waals surface area contributed by atoms with Crippen LogP contribution in [0.15, 0.2) is 55.6 Å². The van der Waals surface area contributed by atoms with Gasteiger partial charge in [0.1, 0.15) is 12.0 Å². The Morgan fingerprint density at radius 1 is 1.12 bits per heavy atom. The predicted molar refractivity (Wildman–Crippen MR) is 95.6 cm³/mol. The van der Waals surface area contributed by atoms with Gasteiger partial charge in [0.25, 0.3) is 0 Å². The molecule has 0 saturated carbocycles. The van der Waals surface area contributed by atoms with Crippen LogP contribution in [0.25, 0.3) is 0 Å². The number of rotatable bonds is 8. The van der Waals surface area contributed by atoms with E-state index < -0.39 is 35.7 Å². The Morgan fingerprint density at radius 3 is 2.31 bits per heavy atom. The van der Waals surface area contributed by atoms with Crippen molar-refractivity contribution in [2.75, 3.05) is 6.54 Å². The Kier molecular flexibility index (Phi) is 6.06. The highest BCUT2D eigenvalue weighted by Gasteiger charge is 2.52. The Bertz CT molecular complexity index is 732. The maximum Gasteiger partial charge on any atom is 0.331 e. The second kappa shape index (κ2) is 8.24. The number of nitrogens with one attached hydrogen (secondary N) is 2. The number of hydrogen-bond donors (Lipinski definition) is 2. The third kappa shape index (κ3) is 3.88. The van der Waals surface area contributed by atoms with Gasteiger partial charge in [-0.15, -0.1) is 13.2 Å². The first-order valence-electron chi connectivity index (χ1n) is 8.14. The number of nitrogens with zero attached hydrogens (tertiary/aromatic N) is 1. The molecule has 1 aliphatic heterocycles. The molecule has 136 valence electrons. The summed E-state index contributed by atoms with van der Waals surface area (Å²) in [6, 6.07) is 8.33. The van der Waals surface area contributed by atoms with Crippen LogP contribution in [0.3, 0.4) is 0 Å². The Hall–Kier alpha value is -3.22. The standard InChI is InChI=1S/C19H21N3O4/c1-3-10-19(11-4-2)16(24)21-18(26)22(17(19)25)13-15(23)20-12-14-8-6-5-7-9-14/h3-9H,1-2,10-13H2,(H,20,23)(H,21,24,26). The van der Waals surface area contributed by atoms with Gasteiger partial charge in [-0.3, -0.25) is 24.6 Å². The summed E-state index contributed by atoms with van der Waals surface area (Å²) in [5.74, 6) is -1.92. The van der Waals surface area contributed by atoms with Crippen LogP contribution in [-0.2, 0) is 20.9 Å². The fraction of sp³-hybridized carbons (Fsp3) is 0.263. The van der Waals surface area contributed by atoms with E-state index in [1.165, 1.54) is 12.2 Å². The molecule has 0 bridgehead atoms. The summed E-state index contributed by atoms with van der Waals surface area (Å²) in [5, 5.41) is 4.80. The van der Waals surface area contributed by atoms with Gasteiger partial charge in [-0.05, 0) is 18.4 Å². The van der Waals surface area contributed by atoms with Gasteiger partial charge in [0.15, 0.2) is 0 Å². The van der Waals surface area contributed by atoms with Gasteiger partial charge in [-0.2, -0.15) is 0 Å². The molecule has 0 atom stereocenters. The molecule has 2 N–H and O–H groups in total. The smallest absolute Gasteiger partial charge is 0.331 e. The minimum Gasteiger partial charge on any atom is -0.350 e. The number of amides is 5. The molecule has 5 amide bonds. The molecule has 2 rings (SSSR count). The molecule has 1 aromatic carbocycles. The van der Waals surface area contributed by atoms with E-state index >= 15 is 0 Å². The SMILES string of the molecule is C=CCC1(CC=C)C(=O)NC(=O)N(CC(=O)NCc2ccccc2)C1=O. The van der Waals surface area contributed by atoms with Crippen molar-refractivity contribution in [2.24, 2.45) is 5.41 Å². The van der Waals surface area contributed by atoms with E-state index in [1.807, 2.05) is 30.3 Å². The third-order valence-corrected chi connectivity index (χ3v) is 4.17. The number of carbonyl (C=O) groups is 4. The number of benzene rings is 1. The van der Waals surface area contributed by atoms with Crippen LogP contribution in [0.2, 0.25) is 0 Å². The van der Waals surface area contributed by atoms with Gasteiger partial charge >= 0.3 is 6.03 Å². The van der Waals surface area contributed by atoms with Gasteiger partial charge in [0.05, 0.1) is 0 Å². The first-order valence-corrected chi connectivity index (χ1v) is 8.14. The van der Waals surface area contributed by atoms with E-state index in [1.54, 1.807) is 0 Å². The van der Waals surface area contributed by atoms with Crippen molar-refractivity contribution in [2.45, 2.75) is 19.4 Å². The molecule has 1 saturated heterocycles. The lowest BCUT2D eigenvalue weighted by Gasteiger charge is -2.38. The zero-order valence-corrected chi connectivity index (χ0v) is 14.4. The molecule has 0 aliphatic carbocycles.